The topological polar surface area (TPSA) is 0 Å². The Kier molecular flexibility index (Phi) is 6.66. The van der Waals surface area contributed by atoms with Crippen LogP contribution < -0.4 is 0 Å². The highest BCUT2D eigenvalue weighted by atomic mass is 35.5. The molecule has 0 aliphatic rings. The van der Waals surface area contributed by atoms with Crippen molar-refractivity contribution in [2.45, 2.75) is 0 Å². The van der Waals surface area contributed by atoms with E-state index in [1.165, 1.54) is 0 Å². The third kappa shape index (κ3) is 5.86. The molecule has 0 aliphatic carbocycles. The van der Waals surface area contributed by atoms with E-state index in [1.54, 1.807) is 0 Å². The van der Waals surface area contributed by atoms with Gasteiger partial charge in [0.15, 0.2) is 0 Å². The highest BCUT2D eigenvalue weighted by Gasteiger charge is 1.74. The van der Waals surface area contributed by atoms with E-state index in [0.717, 1.165) is 5.02 Å². The number of halogens is 1. The van der Waals surface area contributed by atoms with Gasteiger partial charge in [-0.25, -0.2) is 0 Å². The summed E-state index contributed by atoms with van der Waals surface area (Å²) < 4.78 is 1.92. The van der Waals surface area contributed by atoms with Crippen LogP contribution >= 0.6 is 36.0 Å². The smallest absolute Gasteiger partial charge is 0.0405 e. The number of rotatable bonds is 0. The predicted octanol–water partition coefficient (Wildman–Crippen LogP) is 3.36. The van der Waals surface area contributed by atoms with Gasteiger partial charge < -0.3 is 0 Å². The predicted molar refractivity (Wildman–Crippen MR) is 51.6 cm³/mol. The van der Waals surface area contributed by atoms with Crippen LogP contribution in [0.4, 0.5) is 0 Å². The fourth-order valence-electron chi connectivity index (χ4n) is 0.415. The molecule has 0 fully saturated rings. The van der Waals surface area contributed by atoms with Crippen molar-refractivity contribution < 1.29 is 0 Å². The van der Waals surface area contributed by atoms with Gasteiger partial charge in [0.1, 0.15) is 0 Å². The molecule has 0 aromatic heterocycles. The standard InChI is InChI=1S/C6H5Cl.CS2/c7-6-4-2-1-3-5-6;2-1-3/h1-5H;. The van der Waals surface area contributed by atoms with Crippen LogP contribution in [0.3, 0.4) is 0 Å². The van der Waals surface area contributed by atoms with Crippen molar-refractivity contribution in [1.29, 1.82) is 0 Å². The second-order valence-corrected chi connectivity index (χ2v) is 2.48. The monoisotopic (exact) mass is 188 g/mol. The summed E-state index contributed by atoms with van der Waals surface area (Å²) in [6, 6.07) is 9.44. The quantitative estimate of drug-likeness (QED) is 0.573. The molecule has 0 saturated heterocycles. The molecule has 52 valence electrons. The molecule has 0 amide bonds. The van der Waals surface area contributed by atoms with E-state index >= 15 is 0 Å². The van der Waals surface area contributed by atoms with Crippen LogP contribution in [0, 0.1) is 0 Å². The lowest BCUT2D eigenvalue weighted by molar-refractivity contribution is 1.71. The van der Waals surface area contributed by atoms with Crippen molar-refractivity contribution in [3.63, 3.8) is 0 Å². The third-order valence-corrected chi connectivity index (χ3v) is 0.985. The van der Waals surface area contributed by atoms with Crippen LogP contribution in [0.25, 0.3) is 0 Å². The Hall–Kier alpha value is -0.270. The van der Waals surface area contributed by atoms with Crippen molar-refractivity contribution >= 4 is 40.4 Å². The molecule has 0 saturated carbocycles. The maximum Gasteiger partial charge on any atom is 0.0405 e. The van der Waals surface area contributed by atoms with E-state index in [1.807, 2.05) is 34.6 Å². The molecule has 0 spiro atoms. The second kappa shape index (κ2) is 6.84. The largest absolute Gasteiger partial charge is 0.0843 e. The van der Waals surface area contributed by atoms with Crippen LogP contribution in [-0.4, -0.2) is 4.31 Å². The molecule has 0 N–H and O–H groups in total. The molecule has 10 heavy (non-hydrogen) atoms. The minimum atomic E-state index is 0.794. The Balaban J connectivity index is 0.000000236. The van der Waals surface area contributed by atoms with Crippen LogP contribution in [0.5, 0.6) is 0 Å². The van der Waals surface area contributed by atoms with Gasteiger partial charge in [0.2, 0.25) is 0 Å². The number of hydrogen-bond donors (Lipinski definition) is 0. The lowest BCUT2D eigenvalue weighted by Gasteiger charge is -1.80. The summed E-state index contributed by atoms with van der Waals surface area (Å²) in [6.07, 6.45) is 0. The van der Waals surface area contributed by atoms with E-state index in [4.69, 9.17) is 11.6 Å². The maximum absolute atomic E-state index is 5.54. The van der Waals surface area contributed by atoms with Crippen LogP contribution in [0.2, 0.25) is 5.02 Å². The van der Waals surface area contributed by atoms with E-state index in [-0.39, 0.29) is 0 Å². The highest BCUT2D eigenvalue weighted by molar-refractivity contribution is 7.93. The van der Waals surface area contributed by atoms with Gasteiger partial charge in [-0.05, 0) is 36.6 Å². The van der Waals surface area contributed by atoms with Gasteiger partial charge in [0, 0.05) is 9.34 Å². The van der Waals surface area contributed by atoms with Crippen molar-refractivity contribution in [2.24, 2.45) is 0 Å². The molecule has 0 unspecified atom stereocenters. The van der Waals surface area contributed by atoms with E-state index < -0.39 is 0 Å². The van der Waals surface area contributed by atoms with Gasteiger partial charge in [-0.1, -0.05) is 29.8 Å². The van der Waals surface area contributed by atoms with Crippen molar-refractivity contribution in [3.8, 4) is 0 Å². The average Bonchev–Trinajstić information content (AvgIpc) is 1.91. The summed E-state index contributed by atoms with van der Waals surface area (Å²) >= 11 is 13.5. The van der Waals surface area contributed by atoms with Crippen molar-refractivity contribution in [1.82, 2.24) is 0 Å². The van der Waals surface area contributed by atoms with Crippen molar-refractivity contribution in [2.75, 3.05) is 0 Å². The number of thiocarbonyl (C=S) groups is 2. The summed E-state index contributed by atoms with van der Waals surface area (Å²) in [6.45, 7) is 0. The summed E-state index contributed by atoms with van der Waals surface area (Å²) in [7, 11) is 0. The SMILES string of the molecule is Clc1ccccc1.S=C=S. The molecule has 0 nitrogen and oxygen atoms in total. The molecule has 0 aliphatic heterocycles. The number of benzene rings is 1. The summed E-state index contributed by atoms with van der Waals surface area (Å²) in [5.41, 5.74) is 0. The zero-order valence-electron chi connectivity index (χ0n) is 5.08. The zero-order valence-corrected chi connectivity index (χ0v) is 7.47. The molecule has 0 bridgehead atoms. The normalized spacial score (nSPS) is 6.90. The molecule has 3 heteroatoms. The average molecular weight is 189 g/mol. The Labute approximate surface area is 75.8 Å². The Morgan fingerprint density at radius 1 is 1.10 bits per heavy atom. The van der Waals surface area contributed by atoms with Crippen LogP contribution in [0.1, 0.15) is 0 Å². The van der Waals surface area contributed by atoms with Gasteiger partial charge in [-0.3, -0.25) is 0 Å². The Morgan fingerprint density at radius 3 is 1.70 bits per heavy atom. The molecule has 1 aromatic rings. The molecular formula is C7H5ClS2. The molecule has 0 atom stereocenters. The summed E-state index contributed by atoms with van der Waals surface area (Å²) in [5, 5.41) is 0.794. The minimum absolute atomic E-state index is 0.794. The molecule has 0 heterocycles. The van der Waals surface area contributed by atoms with Gasteiger partial charge in [0.25, 0.3) is 0 Å². The first-order chi connectivity index (χ1) is 4.81. The fourth-order valence-corrected chi connectivity index (χ4v) is 0.560. The minimum Gasteiger partial charge on any atom is -0.0843 e. The highest BCUT2D eigenvalue weighted by Crippen LogP contribution is 2.03. The van der Waals surface area contributed by atoms with Gasteiger partial charge in [-0.15, -0.1) is 0 Å². The lowest BCUT2D eigenvalue weighted by Crippen LogP contribution is -1.55. The molecule has 1 aromatic carbocycles. The first-order valence-electron chi connectivity index (χ1n) is 2.51. The Bertz CT molecular complexity index is 202. The maximum atomic E-state index is 5.54. The van der Waals surface area contributed by atoms with Gasteiger partial charge in [-0.2, -0.15) is 0 Å². The summed E-state index contributed by atoms with van der Waals surface area (Å²) in [5.74, 6) is 0. The van der Waals surface area contributed by atoms with Crippen molar-refractivity contribution in [3.05, 3.63) is 35.4 Å². The third-order valence-electron chi connectivity index (χ3n) is 0.733. The van der Waals surface area contributed by atoms with Gasteiger partial charge in [0.05, 0.1) is 0 Å². The Morgan fingerprint density at radius 2 is 1.50 bits per heavy atom. The lowest BCUT2D eigenvalue weighted by atomic mass is 10.4. The fraction of sp³-hybridized carbons (Fsp3) is 0. The van der Waals surface area contributed by atoms with Crippen LogP contribution in [-0.2, 0) is 0 Å². The summed E-state index contributed by atoms with van der Waals surface area (Å²) in [4.78, 5) is 0. The van der Waals surface area contributed by atoms with Gasteiger partial charge >= 0.3 is 0 Å². The zero-order chi connectivity index (χ0) is 7.82. The van der Waals surface area contributed by atoms with E-state index in [9.17, 15) is 0 Å². The first kappa shape index (κ1) is 9.73. The molecule has 0 radical (unpaired) electrons. The first-order valence-corrected chi connectivity index (χ1v) is 3.70. The molecule has 1 rings (SSSR count). The second-order valence-electron chi connectivity index (χ2n) is 1.38. The number of hydrogen-bond acceptors (Lipinski definition) is 2. The van der Waals surface area contributed by atoms with Crippen LogP contribution in [0.15, 0.2) is 30.3 Å². The van der Waals surface area contributed by atoms with E-state index in [0.29, 0.717) is 0 Å². The van der Waals surface area contributed by atoms with E-state index in [2.05, 4.69) is 24.4 Å². The molecular weight excluding hydrogens is 184 g/mol.